The molecule has 0 spiro atoms. The zero-order valence-corrected chi connectivity index (χ0v) is 14.2. The second-order valence-electron chi connectivity index (χ2n) is 6.34. The summed E-state index contributed by atoms with van der Waals surface area (Å²) in [5.41, 5.74) is -0.597. The quantitative estimate of drug-likeness (QED) is 0.782. The van der Waals surface area contributed by atoms with Crippen molar-refractivity contribution < 1.29 is 24.2 Å². The lowest BCUT2D eigenvalue weighted by atomic mass is 9.91. The van der Waals surface area contributed by atoms with Crippen LogP contribution in [0.2, 0.25) is 0 Å². The Kier molecular flexibility index (Phi) is 7.71. The number of carbonyl (C=O) groups is 2. The van der Waals surface area contributed by atoms with Crippen LogP contribution >= 0.6 is 0 Å². The summed E-state index contributed by atoms with van der Waals surface area (Å²) < 4.78 is 10.7. The summed E-state index contributed by atoms with van der Waals surface area (Å²) in [4.78, 5) is 24.7. The van der Waals surface area contributed by atoms with Gasteiger partial charge in [-0.1, -0.05) is 20.3 Å². The minimum absolute atomic E-state index is 0.0896. The molecule has 0 aliphatic carbocycles. The first-order chi connectivity index (χ1) is 9.53. The van der Waals surface area contributed by atoms with Gasteiger partial charge in [-0.3, -0.25) is 4.79 Å². The summed E-state index contributed by atoms with van der Waals surface area (Å²) in [6.07, 6.45) is -0.397. The Morgan fingerprint density at radius 2 is 1.81 bits per heavy atom. The fraction of sp³-hybridized carbons (Fsp3) is 0.867. The summed E-state index contributed by atoms with van der Waals surface area (Å²) in [6.45, 7) is 9.35. The molecule has 0 saturated carbocycles. The van der Waals surface area contributed by atoms with E-state index in [9.17, 15) is 9.59 Å². The van der Waals surface area contributed by atoms with E-state index < -0.39 is 23.8 Å². The third-order valence-corrected chi connectivity index (χ3v) is 3.42. The highest BCUT2D eigenvalue weighted by Crippen LogP contribution is 2.23. The van der Waals surface area contributed by atoms with Crippen LogP contribution in [0.1, 0.15) is 47.5 Å². The second kappa shape index (κ2) is 8.22. The first-order valence-electron chi connectivity index (χ1n) is 7.23. The number of likely N-dealkylation sites (N-methyl/N-ethyl adjacent to an activating group) is 1. The number of ether oxygens (including phenoxy) is 2. The van der Waals surface area contributed by atoms with Gasteiger partial charge in [-0.15, -0.1) is 0 Å². The van der Waals surface area contributed by atoms with E-state index in [1.165, 1.54) is 12.0 Å². The first-order valence-corrected chi connectivity index (χ1v) is 7.23. The highest BCUT2D eigenvalue weighted by Gasteiger charge is 2.35. The molecule has 0 aromatic carbocycles. The van der Waals surface area contributed by atoms with Crippen molar-refractivity contribution >= 4 is 12.1 Å². The molecule has 1 N–H and O–H groups in total. The number of carbonyl (C=O) groups excluding carboxylic acids is 1. The van der Waals surface area contributed by atoms with Crippen LogP contribution in [0.3, 0.4) is 0 Å². The summed E-state index contributed by atoms with van der Waals surface area (Å²) in [5.74, 6) is -0.862. The summed E-state index contributed by atoms with van der Waals surface area (Å²) in [5, 5.41) is 9.01. The molecule has 21 heavy (non-hydrogen) atoms. The number of hydrogen-bond donors (Lipinski definition) is 1. The van der Waals surface area contributed by atoms with E-state index >= 15 is 0 Å². The Bertz CT molecular complexity index is 350. The van der Waals surface area contributed by atoms with Crippen LogP contribution in [0, 0.1) is 5.92 Å². The van der Waals surface area contributed by atoms with Crippen molar-refractivity contribution in [3.8, 4) is 0 Å². The third-order valence-electron chi connectivity index (χ3n) is 3.42. The van der Waals surface area contributed by atoms with Crippen molar-refractivity contribution in [2.75, 3.05) is 14.2 Å². The molecule has 0 bridgehead atoms. The molecule has 3 unspecified atom stereocenters. The second-order valence-corrected chi connectivity index (χ2v) is 6.34. The minimum Gasteiger partial charge on any atom is -0.481 e. The van der Waals surface area contributed by atoms with Crippen LogP contribution in [0.15, 0.2) is 0 Å². The molecule has 3 atom stereocenters. The molecular weight excluding hydrogens is 274 g/mol. The maximum atomic E-state index is 12.2. The lowest BCUT2D eigenvalue weighted by Gasteiger charge is -2.37. The van der Waals surface area contributed by atoms with Crippen LogP contribution in [0.4, 0.5) is 4.79 Å². The van der Waals surface area contributed by atoms with E-state index in [2.05, 4.69) is 0 Å². The Morgan fingerprint density at radius 1 is 1.29 bits per heavy atom. The summed E-state index contributed by atoms with van der Waals surface area (Å²) >= 11 is 0. The van der Waals surface area contributed by atoms with Gasteiger partial charge in [-0.05, 0) is 26.7 Å². The third kappa shape index (κ3) is 6.80. The first kappa shape index (κ1) is 19.7. The molecule has 1 amide bonds. The Labute approximate surface area is 127 Å². The fourth-order valence-electron chi connectivity index (χ4n) is 2.21. The predicted molar refractivity (Wildman–Crippen MR) is 80.3 cm³/mol. The predicted octanol–water partition coefficient (Wildman–Crippen LogP) is 2.76. The molecule has 0 fully saturated rings. The van der Waals surface area contributed by atoms with E-state index in [1.807, 2.05) is 13.8 Å². The number of carboxylic acid groups (broad SMARTS) is 1. The van der Waals surface area contributed by atoms with Crippen molar-refractivity contribution in [1.82, 2.24) is 4.90 Å². The van der Waals surface area contributed by atoms with E-state index in [4.69, 9.17) is 14.6 Å². The molecule has 0 aromatic rings. The van der Waals surface area contributed by atoms with Gasteiger partial charge in [0.15, 0.2) is 0 Å². The fourth-order valence-corrected chi connectivity index (χ4v) is 2.21. The topological polar surface area (TPSA) is 76.1 Å². The van der Waals surface area contributed by atoms with Crippen LogP contribution in [-0.4, -0.2) is 54.0 Å². The molecule has 0 aliphatic rings. The number of amides is 1. The molecule has 6 heteroatoms. The smallest absolute Gasteiger partial charge is 0.410 e. The maximum absolute atomic E-state index is 12.2. The normalized spacial score (nSPS) is 16.0. The number of aliphatic carboxylic acids is 1. The largest absolute Gasteiger partial charge is 0.481 e. The van der Waals surface area contributed by atoms with Gasteiger partial charge >= 0.3 is 12.1 Å². The number of methoxy groups -OCH3 is 1. The number of rotatable bonds is 7. The molecule has 0 saturated heterocycles. The lowest BCUT2D eigenvalue weighted by Crippen LogP contribution is -2.51. The average molecular weight is 303 g/mol. The zero-order chi connectivity index (χ0) is 16.8. The van der Waals surface area contributed by atoms with Gasteiger partial charge in [-0.2, -0.15) is 0 Å². The van der Waals surface area contributed by atoms with Gasteiger partial charge in [0.05, 0.1) is 18.6 Å². The van der Waals surface area contributed by atoms with Gasteiger partial charge in [0.25, 0.3) is 0 Å². The molecule has 0 radical (unpaired) electrons. The SMILES string of the molecule is CCC(C)C(C(CC(=O)O)OC)N(C)C(=O)OC(C)(C)C. The average Bonchev–Trinajstić information content (AvgIpc) is 2.34. The van der Waals surface area contributed by atoms with E-state index in [1.54, 1.807) is 27.8 Å². The monoisotopic (exact) mass is 303 g/mol. The zero-order valence-electron chi connectivity index (χ0n) is 14.2. The summed E-state index contributed by atoms with van der Waals surface area (Å²) in [7, 11) is 3.09. The number of carboxylic acids is 1. The standard InChI is InChI=1S/C15H29NO5/c1-8-10(2)13(11(20-7)9-12(17)18)16(6)14(19)21-15(3,4)5/h10-11,13H,8-9H2,1-7H3,(H,17,18). The highest BCUT2D eigenvalue weighted by atomic mass is 16.6. The van der Waals surface area contributed by atoms with Gasteiger partial charge < -0.3 is 19.5 Å². The number of hydrogen-bond acceptors (Lipinski definition) is 4. The Balaban J connectivity index is 5.20. The van der Waals surface area contributed by atoms with Crippen molar-refractivity contribution in [2.45, 2.75) is 65.2 Å². The molecule has 124 valence electrons. The Morgan fingerprint density at radius 3 is 2.14 bits per heavy atom. The molecule has 0 heterocycles. The van der Waals surface area contributed by atoms with Gasteiger partial charge in [0.1, 0.15) is 5.60 Å². The van der Waals surface area contributed by atoms with E-state index in [0.717, 1.165) is 6.42 Å². The lowest BCUT2D eigenvalue weighted by molar-refractivity contribution is -0.141. The molecule has 6 nitrogen and oxygen atoms in total. The van der Waals surface area contributed by atoms with Crippen molar-refractivity contribution in [3.05, 3.63) is 0 Å². The highest BCUT2D eigenvalue weighted by molar-refractivity contribution is 5.69. The van der Waals surface area contributed by atoms with Crippen LogP contribution < -0.4 is 0 Å². The van der Waals surface area contributed by atoms with Crippen molar-refractivity contribution in [1.29, 1.82) is 0 Å². The molecule has 0 aromatic heterocycles. The minimum atomic E-state index is -0.951. The molecular formula is C15H29NO5. The number of nitrogens with zero attached hydrogens (tertiary/aromatic N) is 1. The van der Waals surface area contributed by atoms with Crippen LogP contribution in [0.5, 0.6) is 0 Å². The molecule has 0 rings (SSSR count). The maximum Gasteiger partial charge on any atom is 0.410 e. The van der Waals surface area contributed by atoms with Crippen LogP contribution in [0.25, 0.3) is 0 Å². The summed E-state index contributed by atoms with van der Waals surface area (Å²) in [6, 6.07) is -0.356. The van der Waals surface area contributed by atoms with E-state index in [-0.39, 0.29) is 18.4 Å². The molecule has 0 aliphatic heterocycles. The van der Waals surface area contributed by atoms with Gasteiger partial charge in [0, 0.05) is 14.2 Å². The van der Waals surface area contributed by atoms with Crippen molar-refractivity contribution in [2.24, 2.45) is 5.92 Å². The van der Waals surface area contributed by atoms with Gasteiger partial charge in [0.2, 0.25) is 0 Å². The van der Waals surface area contributed by atoms with E-state index in [0.29, 0.717) is 0 Å². The van der Waals surface area contributed by atoms with Gasteiger partial charge in [-0.25, -0.2) is 4.79 Å². The van der Waals surface area contributed by atoms with Crippen LogP contribution in [-0.2, 0) is 14.3 Å². The Hall–Kier alpha value is -1.30. The van der Waals surface area contributed by atoms with Crippen molar-refractivity contribution in [3.63, 3.8) is 0 Å².